The van der Waals surface area contributed by atoms with Crippen LogP contribution in [0.2, 0.25) is 0 Å². The molecule has 0 radical (unpaired) electrons. The number of likely N-dealkylation sites (tertiary alicyclic amines) is 1. The van der Waals surface area contributed by atoms with Crippen molar-refractivity contribution in [2.24, 2.45) is 34.8 Å². The molecule has 1 saturated heterocycles. The van der Waals surface area contributed by atoms with Crippen molar-refractivity contribution in [2.75, 3.05) is 0 Å². The van der Waals surface area contributed by atoms with Crippen LogP contribution in [0.1, 0.15) is 44.9 Å². The minimum atomic E-state index is -0.529. The zero-order valence-electron chi connectivity index (χ0n) is 13.3. The number of piperidine rings is 1. The summed E-state index contributed by atoms with van der Waals surface area (Å²) in [6.07, 6.45) is 6.46. The fraction of sp³-hybridized carbons (Fsp3) is 0.833. The van der Waals surface area contributed by atoms with Gasteiger partial charge in [0.05, 0.1) is 12.1 Å². The van der Waals surface area contributed by atoms with Gasteiger partial charge in [0.2, 0.25) is 5.91 Å². The first-order valence-corrected chi connectivity index (χ1v) is 9.03. The van der Waals surface area contributed by atoms with E-state index in [1.54, 1.807) is 4.90 Å². The third-order valence-electron chi connectivity index (χ3n) is 7.48. The predicted molar refractivity (Wildman–Crippen MR) is 81.7 cm³/mol. The molecule has 6 rings (SSSR count). The highest BCUT2D eigenvalue weighted by Crippen LogP contribution is 2.60. The molecule has 8 atom stereocenters. The van der Waals surface area contributed by atoms with Gasteiger partial charge in [-0.05, 0) is 62.2 Å². The van der Waals surface area contributed by atoms with Gasteiger partial charge in [0, 0.05) is 17.9 Å². The van der Waals surface area contributed by atoms with E-state index in [4.69, 9.17) is 5.73 Å². The quantitative estimate of drug-likeness (QED) is 0.830. The first kappa shape index (κ1) is 14.0. The second kappa shape index (κ2) is 4.36. The van der Waals surface area contributed by atoms with Crippen LogP contribution in [0.25, 0.3) is 0 Å². The van der Waals surface area contributed by atoms with Gasteiger partial charge in [-0.3, -0.25) is 9.59 Å². The van der Waals surface area contributed by atoms with Gasteiger partial charge in [-0.15, -0.1) is 0 Å². The highest BCUT2D eigenvalue weighted by Gasteiger charge is 2.61. The van der Waals surface area contributed by atoms with E-state index in [1.165, 1.54) is 0 Å². The number of nitrogens with zero attached hydrogens (tertiary/aromatic N) is 2. The summed E-state index contributed by atoms with van der Waals surface area (Å²) in [6.45, 7) is 0. The number of hydrogen-bond acceptors (Lipinski definition) is 4. The third-order valence-corrected chi connectivity index (χ3v) is 7.48. The van der Waals surface area contributed by atoms with Crippen LogP contribution < -0.4 is 5.73 Å². The smallest absolute Gasteiger partial charge is 0.241 e. The zero-order valence-corrected chi connectivity index (χ0v) is 13.3. The normalized spacial score (nSPS) is 50.6. The van der Waals surface area contributed by atoms with E-state index in [0.717, 1.165) is 44.9 Å². The summed E-state index contributed by atoms with van der Waals surface area (Å²) >= 11 is 0. The molecular weight excluding hydrogens is 290 g/mol. The molecule has 0 aromatic carbocycles. The molecule has 4 bridgehead atoms. The topological polar surface area (TPSA) is 87.2 Å². The minimum absolute atomic E-state index is 0.0176. The summed E-state index contributed by atoms with van der Waals surface area (Å²) in [5, 5.41) is 9.34. The van der Waals surface area contributed by atoms with Gasteiger partial charge in [-0.2, -0.15) is 5.26 Å². The van der Waals surface area contributed by atoms with Crippen LogP contribution in [0.15, 0.2) is 0 Å². The Bertz CT molecular complexity index is 621. The summed E-state index contributed by atoms with van der Waals surface area (Å²) in [5.74, 6) is 1.78. The molecule has 0 aromatic rings. The number of carbonyl (C=O) groups is 2. The summed E-state index contributed by atoms with van der Waals surface area (Å²) in [6, 6.07) is 1.73. The summed E-state index contributed by atoms with van der Waals surface area (Å²) < 4.78 is 0. The van der Waals surface area contributed by atoms with Gasteiger partial charge < -0.3 is 10.6 Å². The molecule has 6 aliphatic rings. The highest BCUT2D eigenvalue weighted by atomic mass is 16.2. The Morgan fingerprint density at radius 1 is 1.22 bits per heavy atom. The molecule has 23 heavy (non-hydrogen) atoms. The molecule has 0 aromatic heterocycles. The fourth-order valence-electron chi connectivity index (χ4n) is 6.50. The number of amides is 1. The predicted octanol–water partition coefficient (Wildman–Crippen LogP) is 1.22. The van der Waals surface area contributed by atoms with Gasteiger partial charge in [-0.1, -0.05) is 0 Å². The van der Waals surface area contributed by atoms with E-state index < -0.39 is 6.04 Å². The molecule has 5 nitrogen and oxygen atoms in total. The number of carbonyl (C=O) groups excluding carboxylic acids is 2. The Labute approximate surface area is 136 Å². The largest absolute Gasteiger partial charge is 0.322 e. The molecule has 1 heterocycles. The number of fused-ring (bicyclic) bond motifs is 1. The number of rotatable bonds is 2. The Morgan fingerprint density at radius 2 is 1.91 bits per heavy atom. The summed E-state index contributed by atoms with van der Waals surface area (Å²) in [7, 11) is 0. The number of ketones is 1. The Hall–Kier alpha value is -1.41. The highest BCUT2D eigenvalue weighted by molar-refractivity contribution is 5.88. The van der Waals surface area contributed by atoms with Crippen LogP contribution in [-0.2, 0) is 9.59 Å². The lowest BCUT2D eigenvalue weighted by atomic mass is 9.47. The maximum Gasteiger partial charge on any atom is 0.241 e. The molecule has 1 amide bonds. The lowest BCUT2D eigenvalue weighted by Gasteiger charge is -2.57. The number of nitriles is 1. The molecule has 5 heteroatoms. The summed E-state index contributed by atoms with van der Waals surface area (Å²) in [4.78, 5) is 27.3. The van der Waals surface area contributed by atoms with Crippen molar-refractivity contribution in [1.29, 1.82) is 5.26 Å². The molecule has 1 aliphatic heterocycles. The van der Waals surface area contributed by atoms with Crippen LogP contribution in [0.5, 0.6) is 0 Å². The van der Waals surface area contributed by atoms with Gasteiger partial charge in [-0.25, -0.2) is 0 Å². The van der Waals surface area contributed by atoms with E-state index in [0.29, 0.717) is 17.6 Å². The minimum Gasteiger partial charge on any atom is -0.322 e. The monoisotopic (exact) mass is 313 g/mol. The molecular formula is C18H23N3O2. The maximum atomic E-state index is 13.1. The van der Waals surface area contributed by atoms with Crippen molar-refractivity contribution < 1.29 is 9.59 Å². The first-order valence-electron chi connectivity index (χ1n) is 9.03. The van der Waals surface area contributed by atoms with Crippen molar-refractivity contribution in [2.45, 2.75) is 63.1 Å². The fourth-order valence-corrected chi connectivity index (χ4v) is 6.50. The Kier molecular flexibility index (Phi) is 2.65. The van der Waals surface area contributed by atoms with Crippen LogP contribution >= 0.6 is 0 Å². The van der Waals surface area contributed by atoms with Gasteiger partial charge in [0.15, 0.2) is 0 Å². The van der Waals surface area contributed by atoms with E-state index in [1.807, 2.05) is 0 Å². The van der Waals surface area contributed by atoms with Crippen molar-refractivity contribution in [3.63, 3.8) is 0 Å². The molecule has 2 unspecified atom stereocenters. The van der Waals surface area contributed by atoms with Crippen molar-refractivity contribution >= 4 is 11.7 Å². The second-order valence-corrected chi connectivity index (χ2v) is 8.78. The maximum absolute atomic E-state index is 13.1. The number of nitrogens with two attached hydrogens (primary N) is 1. The first-order chi connectivity index (χ1) is 11.0. The molecule has 2 N–H and O–H groups in total. The number of hydrogen-bond donors (Lipinski definition) is 1. The third kappa shape index (κ3) is 1.76. The lowest BCUT2D eigenvalue weighted by molar-refractivity contribution is -0.156. The average molecular weight is 313 g/mol. The van der Waals surface area contributed by atoms with Gasteiger partial charge >= 0.3 is 0 Å². The molecule has 6 fully saturated rings. The Balaban J connectivity index is 1.42. The standard InChI is InChI=1S/C18H23N3O2/c19-8-13-3-10-4-14(10)21(13)17(23)16(20)18-5-9-1-11(6-18)15(22)12(2-9)7-18/h9-14,16H,1-7,20H2/t9?,10-,11-,12+,13+,14+,16-,18?/m1/s1. The molecule has 5 aliphatic carbocycles. The SMILES string of the molecule is N#C[C@@H]1C[C@@H]2C[C@@H]2N1C(=O)[C@@H](N)C12CC3C[C@H](C1)C(=O)[C@@H](C3)C2. The summed E-state index contributed by atoms with van der Waals surface area (Å²) in [5.41, 5.74) is 6.34. The van der Waals surface area contributed by atoms with Crippen molar-refractivity contribution in [3.05, 3.63) is 0 Å². The zero-order chi connectivity index (χ0) is 15.9. The lowest BCUT2D eigenvalue weighted by Crippen LogP contribution is -2.62. The van der Waals surface area contributed by atoms with Gasteiger partial charge in [0.25, 0.3) is 0 Å². The van der Waals surface area contributed by atoms with Crippen LogP contribution in [0.4, 0.5) is 0 Å². The Morgan fingerprint density at radius 3 is 2.57 bits per heavy atom. The van der Waals surface area contributed by atoms with Crippen LogP contribution in [0, 0.1) is 40.4 Å². The van der Waals surface area contributed by atoms with Crippen molar-refractivity contribution in [3.8, 4) is 6.07 Å². The van der Waals surface area contributed by atoms with Crippen LogP contribution in [-0.4, -0.2) is 34.7 Å². The van der Waals surface area contributed by atoms with E-state index in [9.17, 15) is 14.9 Å². The average Bonchev–Trinajstić information content (AvgIpc) is 3.20. The van der Waals surface area contributed by atoms with Crippen LogP contribution in [0.3, 0.4) is 0 Å². The van der Waals surface area contributed by atoms with Gasteiger partial charge in [0.1, 0.15) is 11.8 Å². The van der Waals surface area contributed by atoms with Crippen molar-refractivity contribution in [1.82, 2.24) is 4.90 Å². The second-order valence-electron chi connectivity index (χ2n) is 8.78. The van der Waals surface area contributed by atoms with E-state index in [2.05, 4.69) is 6.07 Å². The molecule has 122 valence electrons. The van der Waals surface area contributed by atoms with E-state index in [-0.39, 0.29) is 35.2 Å². The molecule has 5 saturated carbocycles. The van der Waals surface area contributed by atoms with E-state index >= 15 is 0 Å². The number of Topliss-reactive ketones (excluding diaryl/α,β-unsaturated/α-hetero) is 1. The molecule has 0 spiro atoms.